The first kappa shape index (κ1) is 20.6. The van der Waals surface area contributed by atoms with Crippen LogP contribution >= 0.6 is 11.3 Å². The largest absolute Gasteiger partial charge is 0.325 e. The summed E-state index contributed by atoms with van der Waals surface area (Å²) in [6, 6.07) is 14.9. The van der Waals surface area contributed by atoms with Gasteiger partial charge in [-0.3, -0.25) is 9.79 Å². The van der Waals surface area contributed by atoms with Gasteiger partial charge in [-0.2, -0.15) is 0 Å². The summed E-state index contributed by atoms with van der Waals surface area (Å²) in [4.78, 5) is 22.4. The molecular formula is C26H31N3O2S. The maximum absolute atomic E-state index is 13.9. The third-order valence-electron chi connectivity index (χ3n) is 8.16. The van der Waals surface area contributed by atoms with Gasteiger partial charge in [0.25, 0.3) is 0 Å². The van der Waals surface area contributed by atoms with Crippen molar-refractivity contribution in [1.29, 1.82) is 0 Å². The Labute approximate surface area is 193 Å². The van der Waals surface area contributed by atoms with Crippen LogP contribution in [0.4, 0.5) is 0 Å². The summed E-state index contributed by atoms with van der Waals surface area (Å²) in [6.45, 7) is 4.92. The first-order valence-corrected chi connectivity index (χ1v) is 12.9. The average Bonchev–Trinajstić information content (AvgIpc) is 3.52. The number of nitrogens with one attached hydrogen (secondary N) is 1. The molecule has 0 unspecified atom stereocenters. The van der Waals surface area contributed by atoms with Gasteiger partial charge >= 0.3 is 0 Å². The van der Waals surface area contributed by atoms with Crippen molar-refractivity contribution < 1.29 is 9.53 Å². The fraction of sp³-hybridized carbons (Fsp3) is 0.538. The zero-order valence-corrected chi connectivity index (χ0v) is 19.4. The summed E-state index contributed by atoms with van der Waals surface area (Å²) < 4.78 is 6.91. The Morgan fingerprint density at radius 3 is 2.72 bits per heavy atom. The number of likely N-dealkylation sites (tertiary alicyclic amines) is 1. The lowest BCUT2D eigenvalue weighted by molar-refractivity contribution is -0.155. The van der Waals surface area contributed by atoms with Crippen LogP contribution in [0.5, 0.6) is 0 Å². The second-order valence-electron chi connectivity index (χ2n) is 9.85. The van der Waals surface area contributed by atoms with Crippen LogP contribution in [0.3, 0.4) is 0 Å². The molecule has 1 amide bonds. The third kappa shape index (κ3) is 3.27. The molecule has 1 aliphatic carbocycles. The maximum Gasteiger partial charge on any atom is 0.229 e. The minimum Gasteiger partial charge on any atom is -0.325 e. The molecule has 1 aromatic carbocycles. The van der Waals surface area contributed by atoms with E-state index in [1.165, 1.54) is 10.4 Å². The molecule has 6 heteroatoms. The van der Waals surface area contributed by atoms with Crippen molar-refractivity contribution >= 4 is 23.0 Å². The first-order chi connectivity index (χ1) is 15.7. The van der Waals surface area contributed by atoms with Gasteiger partial charge < -0.3 is 15.0 Å². The van der Waals surface area contributed by atoms with Crippen LogP contribution in [0.15, 0.2) is 52.8 Å². The average molecular weight is 450 g/mol. The molecule has 4 heterocycles. The van der Waals surface area contributed by atoms with E-state index in [2.05, 4.69) is 60.1 Å². The molecule has 5 nitrogen and oxygen atoms in total. The van der Waals surface area contributed by atoms with Crippen molar-refractivity contribution in [3.8, 4) is 0 Å². The highest BCUT2D eigenvalue weighted by Gasteiger charge is 2.63. The van der Waals surface area contributed by atoms with Gasteiger partial charge in [0.05, 0.1) is 12.3 Å². The highest BCUT2D eigenvalue weighted by atomic mass is 32.1. The molecule has 1 spiro atoms. The smallest absolute Gasteiger partial charge is 0.229 e. The number of hydrogen-bond donors (Lipinski definition) is 1. The Hall–Kier alpha value is -2.02. The number of fused-ring (bicyclic) bond motifs is 1. The van der Waals surface area contributed by atoms with Crippen molar-refractivity contribution in [3.63, 3.8) is 0 Å². The van der Waals surface area contributed by atoms with Crippen LogP contribution in [0.1, 0.15) is 49.0 Å². The van der Waals surface area contributed by atoms with E-state index >= 15 is 0 Å². The van der Waals surface area contributed by atoms with Gasteiger partial charge in [-0.25, -0.2) is 0 Å². The number of rotatable bonds is 4. The lowest BCUT2D eigenvalue weighted by Gasteiger charge is -2.38. The van der Waals surface area contributed by atoms with Crippen molar-refractivity contribution in [2.24, 2.45) is 22.7 Å². The molecule has 3 aliphatic heterocycles. The second-order valence-corrected chi connectivity index (χ2v) is 10.9. The number of thiophene rings is 1. The number of hydrogen-bond acceptors (Lipinski definition) is 5. The molecule has 1 N–H and O–H groups in total. The fourth-order valence-electron chi connectivity index (χ4n) is 6.32. The minimum absolute atomic E-state index is 0.0281. The molecule has 32 heavy (non-hydrogen) atoms. The van der Waals surface area contributed by atoms with Gasteiger partial charge in [0.2, 0.25) is 5.91 Å². The Balaban J connectivity index is 1.40. The molecule has 1 aromatic heterocycles. The maximum atomic E-state index is 13.9. The van der Waals surface area contributed by atoms with Crippen LogP contribution in [0, 0.1) is 17.8 Å². The molecule has 0 radical (unpaired) electrons. The number of ether oxygens (including phenoxy) is 1. The number of aliphatic imine (C=N–C) groups is 1. The summed E-state index contributed by atoms with van der Waals surface area (Å²) in [5.74, 6) is 1.19. The van der Waals surface area contributed by atoms with Crippen LogP contribution in [-0.2, 0) is 16.1 Å². The summed E-state index contributed by atoms with van der Waals surface area (Å²) >= 11 is 1.71. The minimum atomic E-state index is -0.668. The summed E-state index contributed by atoms with van der Waals surface area (Å²) in [7, 11) is 0. The van der Waals surface area contributed by atoms with E-state index in [0.29, 0.717) is 18.4 Å². The molecule has 2 aromatic rings. The lowest BCUT2D eigenvalue weighted by atomic mass is 9.78. The molecular weight excluding hydrogens is 418 g/mol. The van der Waals surface area contributed by atoms with E-state index in [0.717, 1.165) is 44.5 Å². The quantitative estimate of drug-likeness (QED) is 0.752. The number of piperidine rings is 1. The Morgan fingerprint density at radius 1 is 1.16 bits per heavy atom. The SMILES string of the molecule is C[C@H]1[C@@H]2C[C@@]3(O[C@H](C4CCNCC4)N=C3C[C@@H]1c1ccccc1)N(Cc1cccs1)C2=O. The molecule has 5 atom stereocenters. The second kappa shape index (κ2) is 8.08. The van der Waals surface area contributed by atoms with Gasteiger partial charge in [-0.1, -0.05) is 43.3 Å². The monoisotopic (exact) mass is 449 g/mol. The normalized spacial score (nSPS) is 35.0. The molecule has 3 fully saturated rings. The van der Waals surface area contributed by atoms with Gasteiger partial charge in [0.15, 0.2) is 12.0 Å². The van der Waals surface area contributed by atoms with E-state index in [4.69, 9.17) is 9.73 Å². The number of nitrogens with zero attached hydrogens (tertiary/aromatic N) is 2. The molecule has 4 aliphatic rings. The lowest BCUT2D eigenvalue weighted by Crippen LogP contribution is -2.52. The van der Waals surface area contributed by atoms with Crippen LogP contribution in [-0.4, -0.2) is 41.6 Å². The predicted octanol–water partition coefficient (Wildman–Crippen LogP) is 4.41. The van der Waals surface area contributed by atoms with Gasteiger partial charge in [-0.15, -0.1) is 11.3 Å². The summed E-state index contributed by atoms with van der Waals surface area (Å²) in [5, 5.41) is 5.54. The van der Waals surface area contributed by atoms with Gasteiger partial charge in [0.1, 0.15) is 0 Å². The Bertz CT molecular complexity index is 1000. The zero-order valence-electron chi connectivity index (χ0n) is 18.6. The number of carbonyl (C=O) groups is 1. The zero-order chi connectivity index (χ0) is 21.7. The van der Waals surface area contributed by atoms with Crippen LogP contribution < -0.4 is 5.32 Å². The third-order valence-corrected chi connectivity index (χ3v) is 9.02. The number of benzene rings is 1. The van der Waals surface area contributed by atoms with Crippen LogP contribution in [0.2, 0.25) is 0 Å². The van der Waals surface area contributed by atoms with Crippen molar-refractivity contribution in [2.45, 2.75) is 57.0 Å². The molecule has 168 valence electrons. The standard InChI is InChI=1S/C26H31N3O2S/c1-17-21(18-6-3-2-4-7-18)14-23-26(31-24(28-23)19-9-11-27-12-10-19)15-22(17)25(30)29(26)16-20-8-5-13-32-20/h2-8,13,17,19,21-22,24,27H,9-12,14-16H2,1H3/t17-,21+,22+,24-,26+/m1/s1. The van der Waals surface area contributed by atoms with E-state index in [-0.39, 0.29) is 24.0 Å². The fourth-order valence-corrected chi connectivity index (χ4v) is 7.01. The predicted molar refractivity (Wildman–Crippen MR) is 127 cm³/mol. The molecule has 2 saturated heterocycles. The van der Waals surface area contributed by atoms with E-state index in [1.807, 2.05) is 4.90 Å². The number of carbonyl (C=O) groups excluding carboxylic acids is 1. The first-order valence-electron chi connectivity index (χ1n) is 12.0. The van der Waals surface area contributed by atoms with E-state index < -0.39 is 5.72 Å². The Morgan fingerprint density at radius 2 is 1.97 bits per heavy atom. The van der Waals surface area contributed by atoms with Crippen molar-refractivity contribution in [1.82, 2.24) is 10.2 Å². The summed E-state index contributed by atoms with van der Waals surface area (Å²) in [5.41, 5.74) is 1.75. The molecule has 6 rings (SSSR count). The van der Waals surface area contributed by atoms with Gasteiger partial charge in [0, 0.05) is 23.1 Å². The van der Waals surface area contributed by atoms with Gasteiger partial charge in [-0.05, 0) is 61.2 Å². The van der Waals surface area contributed by atoms with Crippen molar-refractivity contribution in [2.75, 3.05) is 13.1 Å². The summed E-state index contributed by atoms with van der Waals surface area (Å²) in [6.07, 6.45) is 3.64. The van der Waals surface area contributed by atoms with Crippen LogP contribution in [0.25, 0.3) is 0 Å². The highest BCUT2D eigenvalue weighted by Crippen LogP contribution is 2.53. The van der Waals surface area contributed by atoms with E-state index in [9.17, 15) is 4.79 Å². The molecule has 2 bridgehead atoms. The number of amides is 1. The Kier molecular flexibility index (Phi) is 5.20. The van der Waals surface area contributed by atoms with Crippen molar-refractivity contribution in [3.05, 3.63) is 58.3 Å². The van der Waals surface area contributed by atoms with E-state index in [1.54, 1.807) is 11.3 Å². The topological polar surface area (TPSA) is 53.9 Å². The molecule has 1 saturated carbocycles. The highest BCUT2D eigenvalue weighted by molar-refractivity contribution is 7.09.